The molecule has 0 aliphatic heterocycles. The molecule has 0 aliphatic carbocycles. The first-order valence-electron chi connectivity index (χ1n) is 7.08. The highest BCUT2D eigenvalue weighted by Crippen LogP contribution is 2.35. The van der Waals surface area contributed by atoms with Crippen LogP contribution < -0.4 is 14.9 Å². The molecule has 0 spiro atoms. The number of hydrogen-bond donors (Lipinski definition) is 1. The predicted molar refractivity (Wildman–Crippen MR) is 98.2 cm³/mol. The van der Waals surface area contributed by atoms with Gasteiger partial charge in [-0.05, 0) is 35.4 Å². The van der Waals surface area contributed by atoms with E-state index >= 15 is 0 Å². The number of rotatable bonds is 7. The Balaban J connectivity index is 2.02. The van der Waals surface area contributed by atoms with Gasteiger partial charge in [0.15, 0.2) is 11.5 Å². The lowest BCUT2D eigenvalue weighted by Gasteiger charge is -2.11. The molecule has 124 valence electrons. The number of nitrogens with one attached hydrogen (secondary N) is 1. The van der Waals surface area contributed by atoms with Crippen molar-refractivity contribution in [1.29, 1.82) is 0 Å². The lowest BCUT2D eigenvalue weighted by atomic mass is 10.2. The van der Waals surface area contributed by atoms with Crippen molar-refractivity contribution in [1.82, 2.24) is 5.43 Å². The molecule has 2 aromatic carbocycles. The highest BCUT2D eigenvalue weighted by molar-refractivity contribution is 6.32. The van der Waals surface area contributed by atoms with Gasteiger partial charge in [0.25, 0.3) is 0 Å². The van der Waals surface area contributed by atoms with E-state index < -0.39 is 0 Å². The maximum Gasteiger partial charge on any atom is 0.181 e. The van der Waals surface area contributed by atoms with Gasteiger partial charge in [0.1, 0.15) is 6.61 Å². The summed E-state index contributed by atoms with van der Waals surface area (Å²) in [5.41, 5.74) is 4.81. The van der Waals surface area contributed by atoms with Gasteiger partial charge in [0, 0.05) is 5.02 Å². The Morgan fingerprint density at radius 1 is 1.25 bits per heavy atom. The van der Waals surface area contributed by atoms with Gasteiger partial charge in [-0.2, -0.15) is 5.10 Å². The number of hydrazone groups is 1. The summed E-state index contributed by atoms with van der Waals surface area (Å²) in [4.78, 5) is 0. The van der Waals surface area contributed by atoms with Crippen molar-refractivity contribution >= 4 is 29.4 Å². The Morgan fingerprint density at radius 3 is 2.67 bits per heavy atom. The molecule has 0 amide bonds. The molecule has 0 atom stereocenters. The van der Waals surface area contributed by atoms with Gasteiger partial charge in [-0.1, -0.05) is 41.3 Å². The molecule has 0 aromatic heterocycles. The molecule has 2 aromatic rings. The number of terminal acetylenes is 1. The molecule has 0 aliphatic rings. The van der Waals surface area contributed by atoms with Crippen LogP contribution in [0.3, 0.4) is 0 Å². The number of ether oxygens (including phenoxy) is 2. The average molecular weight is 363 g/mol. The number of halogens is 2. The van der Waals surface area contributed by atoms with Gasteiger partial charge >= 0.3 is 0 Å². The Hall–Kier alpha value is -2.35. The summed E-state index contributed by atoms with van der Waals surface area (Å²) in [5.74, 6) is 3.31. The zero-order valence-corrected chi connectivity index (χ0v) is 14.6. The molecule has 2 rings (SSSR count). The van der Waals surface area contributed by atoms with Crippen molar-refractivity contribution in [3.05, 3.63) is 57.6 Å². The van der Waals surface area contributed by atoms with Gasteiger partial charge < -0.3 is 14.9 Å². The van der Waals surface area contributed by atoms with E-state index in [-0.39, 0.29) is 6.61 Å². The summed E-state index contributed by atoms with van der Waals surface area (Å²) in [7, 11) is 1.54. The molecule has 0 bridgehead atoms. The number of hydrogen-bond acceptors (Lipinski definition) is 4. The van der Waals surface area contributed by atoms with Crippen molar-refractivity contribution in [3.8, 4) is 23.8 Å². The van der Waals surface area contributed by atoms with Gasteiger partial charge in [0.05, 0.1) is 24.9 Å². The fourth-order valence-corrected chi connectivity index (χ4v) is 2.33. The summed E-state index contributed by atoms with van der Waals surface area (Å²) < 4.78 is 10.7. The zero-order valence-electron chi connectivity index (χ0n) is 13.1. The van der Waals surface area contributed by atoms with Crippen LogP contribution in [0.2, 0.25) is 10.0 Å². The Bertz CT molecular complexity index is 753. The largest absolute Gasteiger partial charge is 0.493 e. The maximum absolute atomic E-state index is 6.20. The van der Waals surface area contributed by atoms with Crippen molar-refractivity contribution in [2.75, 3.05) is 13.7 Å². The third-order valence-corrected chi connectivity index (χ3v) is 3.59. The molecule has 4 nitrogen and oxygen atoms in total. The second kappa shape index (κ2) is 9.07. The van der Waals surface area contributed by atoms with E-state index in [1.54, 1.807) is 18.3 Å². The maximum atomic E-state index is 6.20. The summed E-state index contributed by atoms with van der Waals surface area (Å²) in [6, 6.07) is 11.0. The van der Waals surface area contributed by atoms with Crippen LogP contribution in [0.15, 0.2) is 41.5 Å². The van der Waals surface area contributed by atoms with Gasteiger partial charge in [-0.15, -0.1) is 6.42 Å². The molecule has 24 heavy (non-hydrogen) atoms. The fourth-order valence-electron chi connectivity index (χ4n) is 1.93. The van der Waals surface area contributed by atoms with Crippen LogP contribution in [0.1, 0.15) is 11.1 Å². The summed E-state index contributed by atoms with van der Waals surface area (Å²) in [6.45, 7) is 0.702. The zero-order chi connectivity index (χ0) is 17.4. The second-order valence-electron chi connectivity index (χ2n) is 4.75. The molecule has 0 fully saturated rings. The molecule has 0 heterocycles. The van der Waals surface area contributed by atoms with Crippen LogP contribution in [-0.4, -0.2) is 19.9 Å². The normalized spacial score (nSPS) is 10.4. The second-order valence-corrected chi connectivity index (χ2v) is 5.59. The fraction of sp³-hybridized carbons (Fsp3) is 0.167. The van der Waals surface area contributed by atoms with Crippen molar-refractivity contribution < 1.29 is 9.47 Å². The van der Waals surface area contributed by atoms with Crippen molar-refractivity contribution in [2.24, 2.45) is 5.10 Å². The molecule has 0 saturated heterocycles. The third-order valence-electron chi connectivity index (χ3n) is 3.05. The lowest BCUT2D eigenvalue weighted by molar-refractivity contribution is 0.331. The quantitative estimate of drug-likeness (QED) is 0.457. The van der Waals surface area contributed by atoms with Gasteiger partial charge in [-0.25, -0.2) is 0 Å². The topological polar surface area (TPSA) is 42.8 Å². The summed E-state index contributed by atoms with van der Waals surface area (Å²) >= 11 is 12.0. The Kier molecular flexibility index (Phi) is 6.80. The van der Waals surface area contributed by atoms with E-state index in [0.29, 0.717) is 28.1 Å². The molecule has 1 N–H and O–H groups in total. The average Bonchev–Trinajstić information content (AvgIpc) is 2.59. The molecular weight excluding hydrogens is 347 g/mol. The van der Waals surface area contributed by atoms with E-state index in [9.17, 15) is 0 Å². The SMILES string of the molecule is C#CCOc1c(Cl)cc(/C=N\NCc2ccc(Cl)cc2)cc1OC. The number of methoxy groups -OCH3 is 1. The van der Waals surface area contributed by atoms with Crippen LogP contribution in [0.4, 0.5) is 0 Å². The minimum absolute atomic E-state index is 0.117. The van der Waals surface area contributed by atoms with Crippen molar-refractivity contribution in [2.45, 2.75) is 6.54 Å². The van der Waals surface area contributed by atoms with E-state index in [1.807, 2.05) is 24.3 Å². The van der Waals surface area contributed by atoms with E-state index in [4.69, 9.17) is 39.1 Å². The molecule has 0 saturated carbocycles. The predicted octanol–water partition coefficient (Wildman–Crippen LogP) is 4.14. The minimum Gasteiger partial charge on any atom is -0.493 e. The molecular formula is C18H16Cl2N2O2. The van der Waals surface area contributed by atoms with Crippen LogP contribution in [0.5, 0.6) is 11.5 Å². The summed E-state index contributed by atoms with van der Waals surface area (Å²) in [6.07, 6.45) is 6.84. The van der Waals surface area contributed by atoms with Crippen LogP contribution in [0.25, 0.3) is 0 Å². The number of benzene rings is 2. The first kappa shape index (κ1) is 18.0. The molecule has 6 heteroatoms. The monoisotopic (exact) mass is 362 g/mol. The molecule has 0 unspecified atom stereocenters. The highest BCUT2D eigenvalue weighted by Gasteiger charge is 2.11. The van der Waals surface area contributed by atoms with Crippen LogP contribution >= 0.6 is 23.2 Å². The highest BCUT2D eigenvalue weighted by atomic mass is 35.5. The van der Waals surface area contributed by atoms with E-state index in [2.05, 4.69) is 16.4 Å². The summed E-state index contributed by atoms with van der Waals surface area (Å²) in [5, 5.41) is 5.28. The van der Waals surface area contributed by atoms with Crippen LogP contribution in [-0.2, 0) is 6.54 Å². The van der Waals surface area contributed by atoms with Gasteiger partial charge in [-0.3, -0.25) is 0 Å². The van der Waals surface area contributed by atoms with Crippen molar-refractivity contribution in [3.63, 3.8) is 0 Å². The standard InChI is InChI=1S/C18H16Cl2N2O2/c1-3-8-24-18-16(20)9-14(10-17(18)23-2)12-22-21-11-13-4-6-15(19)7-5-13/h1,4-7,9-10,12,21H,8,11H2,2H3/b22-12-. The Labute approximate surface area is 151 Å². The third kappa shape index (κ3) is 5.09. The minimum atomic E-state index is 0.117. The van der Waals surface area contributed by atoms with Gasteiger partial charge in [0.2, 0.25) is 0 Å². The number of nitrogens with zero attached hydrogens (tertiary/aromatic N) is 1. The smallest absolute Gasteiger partial charge is 0.181 e. The molecule has 0 radical (unpaired) electrons. The first-order chi connectivity index (χ1) is 11.6. The van der Waals surface area contributed by atoms with Crippen LogP contribution in [0, 0.1) is 12.3 Å². The lowest BCUT2D eigenvalue weighted by Crippen LogP contribution is -2.05. The Morgan fingerprint density at radius 2 is 2.00 bits per heavy atom. The first-order valence-corrected chi connectivity index (χ1v) is 7.83. The van der Waals surface area contributed by atoms with E-state index in [1.165, 1.54) is 7.11 Å². The van der Waals surface area contributed by atoms with E-state index in [0.717, 1.165) is 11.1 Å².